The van der Waals surface area contributed by atoms with E-state index in [-0.39, 0.29) is 13.0 Å². The number of carboxylic acids is 1. The van der Waals surface area contributed by atoms with Crippen LogP contribution in [0.1, 0.15) is 19.4 Å². The minimum atomic E-state index is -1.01. The molecule has 5 nitrogen and oxygen atoms in total. The quantitative estimate of drug-likeness (QED) is 0.690. The molecule has 2 N–H and O–H groups in total. The Kier molecular flexibility index (Phi) is 7.18. The molecule has 2 rings (SSSR count). The van der Waals surface area contributed by atoms with Crippen molar-refractivity contribution < 1.29 is 19.4 Å². The number of carbonyl (C=O) groups excluding carboxylic acids is 1. The number of ether oxygens (including phenoxy) is 1. The van der Waals surface area contributed by atoms with E-state index in [4.69, 9.17) is 16.3 Å². The molecule has 138 valence electrons. The highest BCUT2D eigenvalue weighted by molar-refractivity contribution is 6.30. The molecule has 2 atom stereocenters. The number of carboxylic acid groups (broad SMARTS) is 1. The van der Waals surface area contributed by atoms with Crippen molar-refractivity contribution in [3.05, 3.63) is 59.1 Å². The SMILES string of the molecule is CCOC(=O)[C@H](C)NC(Cc1ccc(-c2cccc(Cl)c2)cc1)C(=O)O. The summed E-state index contributed by atoms with van der Waals surface area (Å²) in [5.74, 6) is -1.48. The monoisotopic (exact) mass is 375 g/mol. The number of carbonyl (C=O) groups is 2. The van der Waals surface area contributed by atoms with E-state index in [1.54, 1.807) is 13.8 Å². The number of esters is 1. The van der Waals surface area contributed by atoms with Crippen molar-refractivity contribution in [2.24, 2.45) is 0 Å². The maximum Gasteiger partial charge on any atom is 0.322 e. The van der Waals surface area contributed by atoms with Crippen LogP contribution >= 0.6 is 11.6 Å². The van der Waals surface area contributed by atoms with E-state index in [1.165, 1.54) is 0 Å². The first-order chi connectivity index (χ1) is 12.4. The van der Waals surface area contributed by atoms with Gasteiger partial charge >= 0.3 is 11.9 Å². The van der Waals surface area contributed by atoms with Crippen LogP contribution in [0.15, 0.2) is 48.5 Å². The van der Waals surface area contributed by atoms with Gasteiger partial charge in [0.2, 0.25) is 0 Å². The van der Waals surface area contributed by atoms with E-state index in [9.17, 15) is 14.7 Å². The third-order valence-corrected chi connectivity index (χ3v) is 4.18. The first kappa shape index (κ1) is 19.9. The third kappa shape index (κ3) is 5.58. The van der Waals surface area contributed by atoms with Crippen LogP contribution in [0.25, 0.3) is 11.1 Å². The number of halogens is 1. The first-order valence-corrected chi connectivity index (χ1v) is 8.79. The largest absolute Gasteiger partial charge is 0.480 e. The van der Waals surface area contributed by atoms with E-state index in [1.807, 2.05) is 48.5 Å². The lowest BCUT2D eigenvalue weighted by atomic mass is 10.0. The zero-order valence-corrected chi connectivity index (χ0v) is 15.5. The summed E-state index contributed by atoms with van der Waals surface area (Å²) < 4.78 is 4.90. The van der Waals surface area contributed by atoms with Crippen molar-refractivity contribution in [1.29, 1.82) is 0 Å². The average Bonchev–Trinajstić information content (AvgIpc) is 2.61. The number of nitrogens with one attached hydrogen (secondary N) is 1. The minimum absolute atomic E-state index is 0.257. The lowest BCUT2D eigenvalue weighted by Gasteiger charge is -2.19. The second-order valence-electron chi connectivity index (χ2n) is 5.94. The fourth-order valence-corrected chi connectivity index (χ4v) is 2.78. The second-order valence-corrected chi connectivity index (χ2v) is 6.38. The molecule has 0 saturated carbocycles. The summed E-state index contributed by atoms with van der Waals surface area (Å²) in [6.45, 7) is 3.56. The van der Waals surface area contributed by atoms with Crippen molar-refractivity contribution >= 4 is 23.5 Å². The fraction of sp³-hybridized carbons (Fsp3) is 0.300. The van der Waals surface area contributed by atoms with E-state index in [2.05, 4.69) is 5.32 Å². The molecular weight excluding hydrogens is 354 g/mol. The smallest absolute Gasteiger partial charge is 0.322 e. The highest BCUT2D eigenvalue weighted by atomic mass is 35.5. The molecule has 2 aromatic rings. The van der Waals surface area contributed by atoms with Crippen LogP contribution in [0, 0.1) is 0 Å². The van der Waals surface area contributed by atoms with E-state index in [0.29, 0.717) is 5.02 Å². The van der Waals surface area contributed by atoms with Gasteiger partial charge in [0.05, 0.1) is 6.61 Å². The predicted molar refractivity (Wildman–Crippen MR) is 101 cm³/mol. The predicted octanol–water partition coefficient (Wildman–Crippen LogP) is 3.54. The molecule has 0 aromatic heterocycles. The Morgan fingerprint density at radius 3 is 2.42 bits per heavy atom. The number of rotatable bonds is 8. The lowest BCUT2D eigenvalue weighted by Crippen LogP contribution is -2.47. The molecule has 0 aliphatic heterocycles. The molecule has 26 heavy (non-hydrogen) atoms. The molecule has 0 amide bonds. The summed E-state index contributed by atoms with van der Waals surface area (Å²) in [4.78, 5) is 23.2. The Morgan fingerprint density at radius 1 is 1.15 bits per heavy atom. The van der Waals surface area contributed by atoms with Crippen molar-refractivity contribution in [3.63, 3.8) is 0 Å². The molecule has 0 aliphatic rings. The molecular formula is C20H22ClNO4. The molecule has 0 spiro atoms. The van der Waals surface area contributed by atoms with Crippen molar-refractivity contribution in [2.45, 2.75) is 32.4 Å². The van der Waals surface area contributed by atoms with Gasteiger partial charge in [0.15, 0.2) is 0 Å². The second kappa shape index (κ2) is 9.36. The first-order valence-electron chi connectivity index (χ1n) is 8.41. The number of aliphatic carboxylic acids is 1. The van der Waals surface area contributed by atoms with Gasteiger partial charge in [-0.05, 0) is 49.1 Å². The number of hydrogen-bond acceptors (Lipinski definition) is 4. The fourth-order valence-electron chi connectivity index (χ4n) is 2.59. The summed E-state index contributed by atoms with van der Waals surface area (Å²) in [6, 6.07) is 13.6. The van der Waals surface area contributed by atoms with Crippen LogP contribution in [0.3, 0.4) is 0 Å². The van der Waals surface area contributed by atoms with Crippen LogP contribution in [-0.4, -0.2) is 35.7 Å². The molecule has 2 aromatic carbocycles. The van der Waals surface area contributed by atoms with Crippen LogP contribution < -0.4 is 5.32 Å². The van der Waals surface area contributed by atoms with Gasteiger partial charge in [-0.15, -0.1) is 0 Å². The van der Waals surface area contributed by atoms with Crippen molar-refractivity contribution in [2.75, 3.05) is 6.61 Å². The maximum atomic E-state index is 11.7. The Bertz CT molecular complexity index is 761. The molecule has 6 heteroatoms. The molecule has 0 aliphatic carbocycles. The van der Waals surface area contributed by atoms with Gasteiger partial charge in [-0.1, -0.05) is 48.0 Å². The van der Waals surface area contributed by atoms with Gasteiger partial charge in [-0.25, -0.2) is 0 Å². The third-order valence-electron chi connectivity index (χ3n) is 3.94. The van der Waals surface area contributed by atoms with E-state index >= 15 is 0 Å². The highest BCUT2D eigenvalue weighted by Crippen LogP contribution is 2.23. The summed E-state index contributed by atoms with van der Waals surface area (Å²) in [7, 11) is 0. The van der Waals surface area contributed by atoms with Gasteiger partial charge in [-0.2, -0.15) is 0 Å². The summed E-state index contributed by atoms with van der Waals surface area (Å²) >= 11 is 6.01. The summed E-state index contributed by atoms with van der Waals surface area (Å²) in [6.07, 6.45) is 0.259. The molecule has 0 bridgehead atoms. The lowest BCUT2D eigenvalue weighted by molar-refractivity contribution is -0.146. The highest BCUT2D eigenvalue weighted by Gasteiger charge is 2.24. The molecule has 0 fully saturated rings. The Labute approximate surface area is 157 Å². The van der Waals surface area contributed by atoms with Crippen molar-refractivity contribution in [1.82, 2.24) is 5.32 Å². The molecule has 1 unspecified atom stereocenters. The standard InChI is InChI=1S/C20H22ClNO4/c1-3-26-20(25)13(2)22-18(19(23)24)11-14-7-9-15(10-8-14)16-5-4-6-17(21)12-16/h4-10,12-13,18,22H,3,11H2,1-2H3,(H,23,24)/t13-,18?/m0/s1. The van der Waals surface area contributed by atoms with Gasteiger partial charge < -0.3 is 9.84 Å². The molecule has 0 heterocycles. The Morgan fingerprint density at radius 2 is 1.85 bits per heavy atom. The van der Waals surface area contributed by atoms with Crippen LogP contribution in [-0.2, 0) is 20.7 Å². The topological polar surface area (TPSA) is 75.6 Å². The number of benzene rings is 2. The van der Waals surface area contributed by atoms with Gasteiger partial charge in [0.25, 0.3) is 0 Å². The summed E-state index contributed by atoms with van der Waals surface area (Å²) in [5, 5.41) is 12.9. The van der Waals surface area contributed by atoms with Gasteiger partial charge in [0, 0.05) is 5.02 Å². The van der Waals surface area contributed by atoms with Gasteiger partial charge in [0.1, 0.15) is 12.1 Å². The van der Waals surface area contributed by atoms with Crippen molar-refractivity contribution in [3.8, 4) is 11.1 Å². The van der Waals surface area contributed by atoms with E-state index < -0.39 is 24.0 Å². The number of hydrogen-bond donors (Lipinski definition) is 2. The Balaban J connectivity index is 2.07. The molecule has 0 saturated heterocycles. The zero-order chi connectivity index (χ0) is 19.1. The Hall–Kier alpha value is -2.37. The minimum Gasteiger partial charge on any atom is -0.480 e. The normalized spacial score (nSPS) is 13.0. The summed E-state index contributed by atoms with van der Waals surface area (Å²) in [5.41, 5.74) is 2.84. The van der Waals surface area contributed by atoms with Crippen LogP contribution in [0.4, 0.5) is 0 Å². The van der Waals surface area contributed by atoms with Crippen LogP contribution in [0.5, 0.6) is 0 Å². The average molecular weight is 376 g/mol. The maximum absolute atomic E-state index is 11.7. The zero-order valence-electron chi connectivity index (χ0n) is 14.7. The molecule has 0 radical (unpaired) electrons. The van der Waals surface area contributed by atoms with Crippen LogP contribution in [0.2, 0.25) is 5.02 Å². The van der Waals surface area contributed by atoms with E-state index in [0.717, 1.165) is 16.7 Å². The van der Waals surface area contributed by atoms with Gasteiger partial charge in [-0.3, -0.25) is 14.9 Å².